The molecule has 0 heterocycles. The van der Waals surface area contributed by atoms with E-state index in [-0.39, 0.29) is 49.9 Å². The molecule has 3 heteroatoms. The normalized spacial score (nSPS) is 18.0. The Morgan fingerprint density at radius 1 is 1.09 bits per heavy atom. The Labute approximate surface area is 146 Å². The predicted octanol–water partition coefficient (Wildman–Crippen LogP) is 5.19. The van der Waals surface area contributed by atoms with Gasteiger partial charge in [-0.25, -0.2) is 0 Å². The Kier molecular flexibility index (Phi) is 10.9. The second-order valence-electron chi connectivity index (χ2n) is 5.20. The molecule has 0 radical (unpaired) electrons. The number of rotatable bonds is 14. The van der Waals surface area contributed by atoms with Gasteiger partial charge in [0.2, 0.25) is 0 Å². The van der Waals surface area contributed by atoms with Crippen molar-refractivity contribution in [1.82, 2.24) is 0 Å². The highest BCUT2D eigenvalue weighted by atomic mass is 16.4. The van der Waals surface area contributed by atoms with E-state index in [1.807, 2.05) is 0 Å². The van der Waals surface area contributed by atoms with E-state index in [2.05, 4.69) is 6.92 Å². The summed E-state index contributed by atoms with van der Waals surface area (Å²) >= 11 is 0. The van der Waals surface area contributed by atoms with Crippen LogP contribution in [0.5, 0.6) is 0 Å². The van der Waals surface area contributed by atoms with Gasteiger partial charge in [0.25, 0.3) is 0 Å². The number of allylic oxidation sites excluding steroid dienone is 6. The van der Waals surface area contributed by atoms with Crippen molar-refractivity contribution >= 4 is 5.97 Å². The largest absolute Gasteiger partial charge is 0.481 e. The summed E-state index contributed by atoms with van der Waals surface area (Å²) in [4.78, 5) is 10.4. The maximum Gasteiger partial charge on any atom is 0.303 e. The fourth-order valence-electron chi connectivity index (χ4n) is 1.68. The minimum atomic E-state index is -0.901. The minimum Gasteiger partial charge on any atom is -0.481 e. The number of carbonyl (C=O) groups is 1. The Bertz CT molecular complexity index is 566. The molecule has 0 aromatic carbocycles. The molecule has 0 unspecified atom stereocenters. The smallest absolute Gasteiger partial charge is 0.303 e. The fourth-order valence-corrected chi connectivity index (χ4v) is 1.68. The molecule has 3 nitrogen and oxygen atoms in total. The van der Waals surface area contributed by atoms with Gasteiger partial charge in [0, 0.05) is 6.42 Å². The number of unbranched alkanes of at least 4 members (excludes halogenated alkanes) is 2. The van der Waals surface area contributed by atoms with Crippen molar-refractivity contribution in [3.05, 3.63) is 48.5 Å². The number of carboxylic acids is 1. The van der Waals surface area contributed by atoms with Crippen LogP contribution in [0.3, 0.4) is 0 Å². The Morgan fingerprint density at radius 2 is 1.83 bits per heavy atom. The summed E-state index contributed by atoms with van der Waals surface area (Å²) in [5, 5.41) is 18.5. The highest BCUT2D eigenvalue weighted by molar-refractivity contribution is 5.66. The Balaban J connectivity index is 4.31. The van der Waals surface area contributed by atoms with Crippen LogP contribution in [-0.4, -0.2) is 22.3 Å². The van der Waals surface area contributed by atoms with Crippen molar-refractivity contribution in [1.29, 1.82) is 0 Å². The molecule has 0 aliphatic rings. The van der Waals surface area contributed by atoms with Crippen molar-refractivity contribution in [3.63, 3.8) is 0 Å². The van der Waals surface area contributed by atoms with Crippen LogP contribution in [0.1, 0.15) is 70.2 Å². The molecule has 23 heavy (non-hydrogen) atoms. The molecule has 0 fully saturated rings. The zero-order valence-corrected chi connectivity index (χ0v) is 14.1. The molecular weight excluding hydrogens is 288 g/mol. The number of carboxylic acid groups (broad SMARTS) is 1. The van der Waals surface area contributed by atoms with Gasteiger partial charge >= 0.3 is 5.97 Å². The van der Waals surface area contributed by atoms with Gasteiger partial charge in [-0.1, -0.05) is 68.3 Å². The van der Waals surface area contributed by atoms with Crippen molar-refractivity contribution < 1.29 is 20.5 Å². The van der Waals surface area contributed by atoms with Gasteiger partial charge in [0.05, 0.1) is 11.6 Å². The van der Waals surface area contributed by atoms with Crippen molar-refractivity contribution in [2.24, 2.45) is 0 Å². The van der Waals surface area contributed by atoms with E-state index < -0.39 is 12.1 Å². The van der Waals surface area contributed by atoms with Crippen LogP contribution in [-0.2, 0) is 4.79 Å². The molecular formula is C20H32O3. The van der Waals surface area contributed by atoms with Crippen LogP contribution in [0, 0.1) is 0 Å². The number of hydrogen-bond acceptors (Lipinski definition) is 2. The molecule has 0 aromatic rings. The molecule has 0 spiro atoms. The first-order chi connectivity index (χ1) is 12.8. The topological polar surface area (TPSA) is 57.5 Å². The van der Waals surface area contributed by atoms with E-state index >= 15 is 0 Å². The van der Waals surface area contributed by atoms with Gasteiger partial charge in [0.1, 0.15) is 0 Å². The summed E-state index contributed by atoms with van der Waals surface area (Å²) in [5.74, 6) is -0.901. The average Bonchev–Trinajstić information content (AvgIpc) is 2.60. The highest BCUT2D eigenvalue weighted by Crippen LogP contribution is 2.02. The second kappa shape index (κ2) is 16.8. The lowest BCUT2D eigenvalue weighted by molar-refractivity contribution is -0.137. The zero-order valence-electron chi connectivity index (χ0n) is 18.1. The minimum absolute atomic E-state index is 0.00278. The van der Waals surface area contributed by atoms with Gasteiger partial charge in [0.15, 0.2) is 0 Å². The molecule has 0 amide bonds. The van der Waals surface area contributed by atoms with Crippen molar-refractivity contribution in [3.8, 4) is 0 Å². The molecule has 0 aliphatic carbocycles. The maximum absolute atomic E-state index is 10.4. The first kappa shape index (κ1) is 14.9. The Morgan fingerprint density at radius 3 is 2.57 bits per heavy atom. The molecule has 0 aromatic heterocycles. The lowest BCUT2D eigenvalue weighted by Gasteiger charge is -1.99. The molecule has 0 aliphatic heterocycles. The lowest BCUT2D eigenvalue weighted by Crippen LogP contribution is -1.98. The van der Waals surface area contributed by atoms with Crippen molar-refractivity contribution in [2.45, 2.75) is 70.8 Å². The molecule has 1 atom stereocenters. The van der Waals surface area contributed by atoms with Crippen LogP contribution < -0.4 is 0 Å². The standard InChI is InChI=1S/C20H32O3/c1-2-3-4-5-10-13-16-19(21)17-14-11-8-6-7-9-12-15-18-20(22)23/h7-11,13-14,17,19,21H,2-6,12,15-16,18H2,1H3,(H,22,23)/b9-7-,11-8-,13-10-,17-14+/t19-/m0/s1/i7D,9D,10D,13D. The first-order valence-corrected chi connectivity index (χ1v) is 8.31. The van der Waals surface area contributed by atoms with Crippen LogP contribution in [0.2, 0.25) is 0 Å². The van der Waals surface area contributed by atoms with Gasteiger partial charge in [-0.2, -0.15) is 0 Å². The predicted molar refractivity (Wildman–Crippen MR) is 97.4 cm³/mol. The molecule has 0 rings (SSSR count). The number of aliphatic hydroxyl groups excluding tert-OH is 1. The van der Waals surface area contributed by atoms with Crippen LogP contribution >= 0.6 is 0 Å². The summed E-state index contributed by atoms with van der Waals surface area (Å²) in [5.41, 5.74) is 0. The second-order valence-corrected chi connectivity index (χ2v) is 5.20. The molecule has 130 valence electrons. The number of hydrogen-bond donors (Lipinski definition) is 2. The van der Waals surface area contributed by atoms with E-state index in [1.165, 1.54) is 6.08 Å². The summed E-state index contributed by atoms with van der Waals surface area (Å²) in [6.07, 6.45) is 10.3. The van der Waals surface area contributed by atoms with Gasteiger partial charge in [-0.15, -0.1) is 0 Å². The third-order valence-electron chi connectivity index (χ3n) is 2.96. The van der Waals surface area contributed by atoms with E-state index in [0.717, 1.165) is 19.3 Å². The van der Waals surface area contributed by atoms with Crippen molar-refractivity contribution in [2.75, 3.05) is 0 Å². The zero-order chi connectivity index (χ0) is 20.7. The maximum atomic E-state index is 10.4. The lowest BCUT2D eigenvalue weighted by atomic mass is 10.1. The van der Waals surface area contributed by atoms with E-state index in [9.17, 15) is 9.90 Å². The summed E-state index contributed by atoms with van der Waals surface area (Å²) in [7, 11) is 0. The van der Waals surface area contributed by atoms with Gasteiger partial charge < -0.3 is 10.2 Å². The molecule has 0 saturated carbocycles. The molecule has 0 bridgehead atoms. The van der Waals surface area contributed by atoms with Gasteiger partial charge in [-0.05, 0) is 38.5 Å². The summed E-state index contributed by atoms with van der Waals surface area (Å²) in [6, 6.07) is 0.720. The van der Waals surface area contributed by atoms with Crippen LogP contribution in [0.15, 0.2) is 48.5 Å². The van der Waals surface area contributed by atoms with E-state index in [4.69, 9.17) is 10.6 Å². The summed E-state index contributed by atoms with van der Waals surface area (Å²) in [6.45, 7) is 2.08. The monoisotopic (exact) mass is 324 g/mol. The third kappa shape index (κ3) is 18.3. The quantitative estimate of drug-likeness (QED) is 0.263. The number of aliphatic carboxylic acids is 1. The fraction of sp³-hybridized carbons (Fsp3) is 0.550. The van der Waals surface area contributed by atoms with E-state index in [0.29, 0.717) is 12.8 Å². The third-order valence-corrected chi connectivity index (χ3v) is 2.96. The average molecular weight is 324 g/mol. The van der Waals surface area contributed by atoms with Crippen LogP contribution in [0.4, 0.5) is 0 Å². The molecule has 0 saturated heterocycles. The Hall–Kier alpha value is -1.61. The summed E-state index contributed by atoms with van der Waals surface area (Å²) < 4.78 is 31.1. The first-order valence-electron chi connectivity index (χ1n) is 10.3. The number of aliphatic hydroxyl groups is 1. The van der Waals surface area contributed by atoms with Crippen LogP contribution in [0.25, 0.3) is 0 Å². The van der Waals surface area contributed by atoms with E-state index in [1.54, 1.807) is 18.2 Å². The SMILES string of the molecule is [2H]/C(C/C=C\C=C\[C@@H](O)C/C([2H])=C(/[2H])CCCCC)=C(\[2H])CCCC(=O)O. The van der Waals surface area contributed by atoms with Gasteiger partial charge in [-0.3, -0.25) is 4.79 Å². The molecule has 2 N–H and O–H groups in total. The highest BCUT2D eigenvalue weighted by Gasteiger charge is 1.93.